The molecular formula is C32H31FN4O5. The van der Waals surface area contributed by atoms with Crippen molar-refractivity contribution >= 4 is 35.1 Å². The number of amides is 5. The van der Waals surface area contributed by atoms with Crippen LogP contribution in [-0.4, -0.2) is 75.5 Å². The van der Waals surface area contributed by atoms with E-state index in [2.05, 4.69) is 5.32 Å². The molecule has 2 bridgehead atoms. The highest BCUT2D eigenvalue weighted by Crippen LogP contribution is 2.38. The number of halogens is 1. The molecule has 2 aromatic rings. The van der Waals surface area contributed by atoms with Crippen molar-refractivity contribution < 1.29 is 28.4 Å². The topological polar surface area (TPSA) is 107 Å². The number of piperazine rings is 1. The van der Waals surface area contributed by atoms with Gasteiger partial charge in [-0.05, 0) is 85.6 Å². The summed E-state index contributed by atoms with van der Waals surface area (Å²) in [6.45, 7) is 1.14. The fourth-order valence-electron chi connectivity index (χ4n) is 7.27. The monoisotopic (exact) mass is 570 g/mol. The maximum Gasteiger partial charge on any atom is 0.255 e. The number of imide groups is 1. The van der Waals surface area contributed by atoms with E-state index in [4.69, 9.17) is 0 Å². The molecule has 0 saturated carbocycles. The first-order valence-corrected chi connectivity index (χ1v) is 14.7. The zero-order valence-electron chi connectivity index (χ0n) is 23.1. The van der Waals surface area contributed by atoms with Crippen molar-refractivity contribution in [1.29, 1.82) is 0 Å². The van der Waals surface area contributed by atoms with E-state index in [-0.39, 0.29) is 60.9 Å². The van der Waals surface area contributed by atoms with Crippen LogP contribution in [0.15, 0.2) is 48.0 Å². The second-order valence-corrected chi connectivity index (χ2v) is 11.9. The van der Waals surface area contributed by atoms with E-state index in [1.807, 2.05) is 9.80 Å². The first-order valence-electron chi connectivity index (χ1n) is 14.7. The van der Waals surface area contributed by atoms with Crippen LogP contribution in [0.2, 0.25) is 0 Å². The van der Waals surface area contributed by atoms with Gasteiger partial charge in [0.05, 0.1) is 12.1 Å². The number of rotatable bonds is 4. The van der Waals surface area contributed by atoms with Gasteiger partial charge in [0, 0.05) is 42.8 Å². The van der Waals surface area contributed by atoms with Gasteiger partial charge in [-0.2, -0.15) is 0 Å². The summed E-state index contributed by atoms with van der Waals surface area (Å²) in [7, 11) is 0. The van der Waals surface area contributed by atoms with Crippen LogP contribution in [0.4, 0.5) is 4.39 Å². The predicted molar refractivity (Wildman–Crippen MR) is 149 cm³/mol. The zero-order valence-corrected chi connectivity index (χ0v) is 23.1. The molecular weight excluding hydrogens is 539 g/mol. The highest BCUT2D eigenvalue weighted by molar-refractivity contribution is 6.06. The Morgan fingerprint density at radius 3 is 2.36 bits per heavy atom. The van der Waals surface area contributed by atoms with E-state index < -0.39 is 11.9 Å². The maximum absolute atomic E-state index is 13.7. The summed E-state index contributed by atoms with van der Waals surface area (Å²) in [5.41, 5.74) is 4.33. The van der Waals surface area contributed by atoms with Crippen molar-refractivity contribution in [3.05, 3.63) is 76.1 Å². The van der Waals surface area contributed by atoms with Crippen molar-refractivity contribution in [1.82, 2.24) is 20.0 Å². The normalized spacial score (nSPS) is 25.3. The van der Waals surface area contributed by atoms with E-state index >= 15 is 0 Å². The molecule has 0 radical (unpaired) electrons. The summed E-state index contributed by atoms with van der Waals surface area (Å²) in [6, 6.07) is 10.5. The van der Waals surface area contributed by atoms with Gasteiger partial charge in [-0.15, -0.1) is 0 Å². The Balaban J connectivity index is 1.04. The van der Waals surface area contributed by atoms with Crippen LogP contribution in [0.25, 0.3) is 5.57 Å². The highest BCUT2D eigenvalue weighted by atomic mass is 19.1. The van der Waals surface area contributed by atoms with Crippen LogP contribution in [-0.2, 0) is 20.9 Å². The summed E-state index contributed by atoms with van der Waals surface area (Å²) in [4.78, 5) is 69.4. The fraction of sp³-hybridized carbons (Fsp3) is 0.406. The molecule has 10 heteroatoms. The minimum Gasteiger partial charge on any atom is -0.335 e. The lowest BCUT2D eigenvalue weighted by atomic mass is 9.83. The molecule has 8 rings (SSSR count). The average Bonchev–Trinajstić information content (AvgIpc) is 3.32. The second-order valence-electron chi connectivity index (χ2n) is 11.9. The van der Waals surface area contributed by atoms with Gasteiger partial charge in [-0.3, -0.25) is 29.3 Å². The van der Waals surface area contributed by atoms with E-state index in [1.165, 1.54) is 17.0 Å². The van der Waals surface area contributed by atoms with Gasteiger partial charge in [0.2, 0.25) is 17.7 Å². The van der Waals surface area contributed by atoms with Gasteiger partial charge >= 0.3 is 0 Å². The molecule has 4 fully saturated rings. The Bertz CT molecular complexity index is 1550. The van der Waals surface area contributed by atoms with E-state index in [1.54, 1.807) is 30.3 Å². The highest BCUT2D eigenvalue weighted by Gasteiger charge is 2.49. The number of carbonyl (C=O) groups excluding carboxylic acids is 5. The Kier molecular flexibility index (Phi) is 6.44. The zero-order chi connectivity index (χ0) is 29.1. The van der Waals surface area contributed by atoms with Gasteiger partial charge in [0.25, 0.3) is 11.8 Å². The molecule has 4 saturated heterocycles. The number of piperidine rings is 2. The third-order valence-corrected chi connectivity index (χ3v) is 9.40. The van der Waals surface area contributed by atoms with Gasteiger partial charge < -0.3 is 14.7 Å². The van der Waals surface area contributed by atoms with Crippen molar-refractivity contribution in [3.63, 3.8) is 0 Å². The van der Waals surface area contributed by atoms with E-state index in [0.717, 1.165) is 42.4 Å². The lowest BCUT2D eigenvalue weighted by Crippen LogP contribution is -2.70. The minimum atomic E-state index is -0.706. The van der Waals surface area contributed by atoms with Crippen molar-refractivity contribution in [3.8, 4) is 0 Å². The number of nitrogens with zero attached hydrogens (tertiary/aromatic N) is 3. The number of benzene rings is 2. The van der Waals surface area contributed by atoms with Crippen LogP contribution in [0.1, 0.15) is 76.8 Å². The van der Waals surface area contributed by atoms with Crippen LogP contribution < -0.4 is 5.32 Å². The van der Waals surface area contributed by atoms with Crippen LogP contribution in [0, 0.1) is 5.82 Å². The molecule has 1 N–H and O–H groups in total. The molecule has 1 aliphatic carbocycles. The Morgan fingerprint density at radius 2 is 1.62 bits per heavy atom. The predicted octanol–water partition coefficient (Wildman–Crippen LogP) is 3.04. The summed E-state index contributed by atoms with van der Waals surface area (Å²) in [6.07, 6.45) is 4.73. The minimum absolute atomic E-state index is 0.0143. The van der Waals surface area contributed by atoms with Crippen molar-refractivity contribution in [2.24, 2.45) is 0 Å². The molecule has 5 heterocycles. The summed E-state index contributed by atoms with van der Waals surface area (Å²) in [5, 5.41) is 2.30. The molecule has 0 aromatic heterocycles. The number of carbonyl (C=O) groups is 5. The first kappa shape index (κ1) is 26.6. The number of allylic oxidation sites excluding steroid dienone is 1. The van der Waals surface area contributed by atoms with Crippen LogP contribution >= 0.6 is 0 Å². The summed E-state index contributed by atoms with van der Waals surface area (Å²) in [5.74, 6) is -1.49. The molecule has 2 aromatic carbocycles. The smallest absolute Gasteiger partial charge is 0.255 e. The molecule has 6 aliphatic rings. The van der Waals surface area contributed by atoms with Crippen molar-refractivity contribution in [2.75, 3.05) is 13.1 Å². The largest absolute Gasteiger partial charge is 0.335 e. The Morgan fingerprint density at radius 1 is 0.881 bits per heavy atom. The Labute approximate surface area is 242 Å². The number of nitrogens with one attached hydrogen (secondary N) is 1. The summed E-state index contributed by atoms with van der Waals surface area (Å²) >= 11 is 0. The summed E-state index contributed by atoms with van der Waals surface area (Å²) < 4.78 is 13.5. The van der Waals surface area contributed by atoms with Gasteiger partial charge in [-0.25, -0.2) is 4.39 Å². The lowest BCUT2D eigenvalue weighted by molar-refractivity contribution is -0.137. The molecule has 42 heavy (non-hydrogen) atoms. The lowest BCUT2D eigenvalue weighted by Gasteiger charge is -2.56. The SMILES string of the molecule is O=C1CCC(N2Cc3cc(C(=O)N4C5CC4CN(C(=O)C4=C(c6ccc(F)cc6)CCCC4)C5)ccc3C2=O)C(=O)N1. The molecule has 5 amide bonds. The van der Waals surface area contributed by atoms with Crippen LogP contribution in [0.5, 0.6) is 0 Å². The van der Waals surface area contributed by atoms with E-state index in [9.17, 15) is 28.4 Å². The molecule has 9 nitrogen and oxygen atoms in total. The molecule has 5 aliphatic heterocycles. The maximum atomic E-state index is 13.7. The first-order chi connectivity index (χ1) is 20.3. The molecule has 3 atom stereocenters. The standard InChI is InChI=1S/C32H31FN4O5/c33-21-8-5-18(6-9-21)24-3-1-2-4-26(24)31(41)35-16-22-14-23(17-35)37(22)30(40)19-7-10-25-20(13-19)15-36(32(25)42)27-11-12-28(38)34-29(27)39/h5-10,13,22-23,27H,1-4,11-12,14-17H2,(H,34,38,39). The molecule has 3 unspecified atom stereocenters. The van der Waals surface area contributed by atoms with E-state index in [0.29, 0.717) is 36.2 Å². The number of hydrogen-bond acceptors (Lipinski definition) is 5. The second kappa shape index (κ2) is 10.2. The van der Waals surface area contributed by atoms with Crippen molar-refractivity contribution in [2.45, 2.75) is 69.6 Å². The average molecular weight is 571 g/mol. The van der Waals surface area contributed by atoms with Gasteiger partial charge in [0.1, 0.15) is 11.9 Å². The number of fused-ring (bicyclic) bond motifs is 3. The van der Waals surface area contributed by atoms with Crippen LogP contribution in [0.3, 0.4) is 0 Å². The third kappa shape index (κ3) is 4.40. The Hall–Kier alpha value is -4.34. The molecule has 216 valence electrons. The molecule has 0 spiro atoms. The number of hydrogen-bond donors (Lipinski definition) is 1. The fourth-order valence-corrected chi connectivity index (χ4v) is 7.27. The van der Waals surface area contributed by atoms with Gasteiger partial charge in [0.15, 0.2) is 0 Å². The quantitative estimate of drug-likeness (QED) is 0.569. The van der Waals surface area contributed by atoms with Gasteiger partial charge in [-0.1, -0.05) is 12.1 Å². The third-order valence-electron chi connectivity index (χ3n) is 9.40.